The van der Waals surface area contributed by atoms with Gasteiger partial charge < -0.3 is 4.42 Å². The summed E-state index contributed by atoms with van der Waals surface area (Å²) in [6.45, 7) is 5.88. The van der Waals surface area contributed by atoms with E-state index in [1.54, 1.807) is 6.20 Å². The Morgan fingerprint density at radius 2 is 1.65 bits per heavy atom. The number of rotatable bonds is 2. The molecule has 0 fully saturated rings. The number of pyridine rings is 1. The molecular weight excluding hydrogens is 310 g/mol. The summed E-state index contributed by atoms with van der Waals surface area (Å²) in [7, 11) is 0. The van der Waals surface area contributed by atoms with Crippen LogP contribution in [0.3, 0.4) is 0 Å². The molecule has 3 aromatic rings. The summed E-state index contributed by atoms with van der Waals surface area (Å²) in [5, 5.41) is 0.547. The van der Waals surface area contributed by atoms with Crippen molar-refractivity contribution in [3.8, 4) is 22.6 Å². The van der Waals surface area contributed by atoms with Gasteiger partial charge in [0.2, 0.25) is 0 Å². The van der Waals surface area contributed by atoms with Gasteiger partial charge in [-0.2, -0.15) is 0 Å². The van der Waals surface area contributed by atoms with Crippen molar-refractivity contribution in [1.29, 1.82) is 0 Å². The first kappa shape index (κ1) is 15.5. The zero-order chi connectivity index (χ0) is 16.6. The molecule has 3 rings (SSSR count). The van der Waals surface area contributed by atoms with Crippen molar-refractivity contribution in [1.82, 2.24) is 4.98 Å². The van der Waals surface area contributed by atoms with Crippen LogP contribution in [0.2, 0.25) is 5.02 Å². The SMILES string of the molecule is Cc1cc(Cl)c(-c2cc(C)c(-c3ccccn3)oc2=O)cc1C. The Hall–Kier alpha value is -2.39. The van der Waals surface area contributed by atoms with Gasteiger partial charge in [-0.1, -0.05) is 17.7 Å². The van der Waals surface area contributed by atoms with Crippen LogP contribution in [0, 0.1) is 20.8 Å². The Morgan fingerprint density at radius 1 is 0.957 bits per heavy atom. The Morgan fingerprint density at radius 3 is 2.35 bits per heavy atom. The predicted molar refractivity (Wildman–Crippen MR) is 92.9 cm³/mol. The zero-order valence-corrected chi connectivity index (χ0v) is 13.9. The number of halogens is 1. The van der Waals surface area contributed by atoms with Crippen LogP contribution >= 0.6 is 11.6 Å². The van der Waals surface area contributed by atoms with Crippen molar-refractivity contribution in [3.63, 3.8) is 0 Å². The standard InChI is InChI=1S/C19H16ClNO2/c1-11-8-14(16(20)10-12(11)2)15-9-13(3)18(23-19(15)22)17-6-4-5-7-21-17/h4-10H,1-3H3. The van der Waals surface area contributed by atoms with E-state index in [1.807, 2.05) is 57.2 Å². The first-order chi connectivity index (χ1) is 11.0. The highest BCUT2D eigenvalue weighted by atomic mass is 35.5. The van der Waals surface area contributed by atoms with E-state index in [-0.39, 0.29) is 0 Å². The third-order valence-corrected chi connectivity index (χ3v) is 4.22. The lowest BCUT2D eigenvalue weighted by atomic mass is 10.00. The number of benzene rings is 1. The van der Waals surface area contributed by atoms with Crippen LogP contribution in [-0.4, -0.2) is 4.98 Å². The molecule has 0 atom stereocenters. The van der Waals surface area contributed by atoms with Gasteiger partial charge in [-0.15, -0.1) is 0 Å². The van der Waals surface area contributed by atoms with Crippen molar-refractivity contribution < 1.29 is 4.42 Å². The second-order valence-corrected chi connectivity index (χ2v) is 6.00. The van der Waals surface area contributed by atoms with Gasteiger partial charge in [0.05, 0.1) is 5.56 Å². The van der Waals surface area contributed by atoms with Crippen LogP contribution in [0.25, 0.3) is 22.6 Å². The van der Waals surface area contributed by atoms with Gasteiger partial charge >= 0.3 is 5.63 Å². The summed E-state index contributed by atoms with van der Waals surface area (Å²) >= 11 is 6.32. The second-order valence-electron chi connectivity index (χ2n) is 5.59. The Balaban J connectivity index is 2.19. The maximum absolute atomic E-state index is 12.5. The third-order valence-electron chi connectivity index (χ3n) is 3.90. The molecule has 2 aromatic heterocycles. The van der Waals surface area contributed by atoms with E-state index < -0.39 is 5.63 Å². The molecule has 23 heavy (non-hydrogen) atoms. The van der Waals surface area contributed by atoms with Crippen LogP contribution in [0.1, 0.15) is 16.7 Å². The number of nitrogens with zero attached hydrogens (tertiary/aromatic N) is 1. The molecule has 0 aliphatic carbocycles. The molecule has 0 spiro atoms. The molecule has 0 N–H and O–H groups in total. The first-order valence-corrected chi connectivity index (χ1v) is 7.68. The molecule has 0 amide bonds. The number of hydrogen-bond acceptors (Lipinski definition) is 3. The second kappa shape index (κ2) is 6.01. The van der Waals surface area contributed by atoms with Gasteiger partial charge in [0.1, 0.15) is 5.69 Å². The highest BCUT2D eigenvalue weighted by Gasteiger charge is 2.15. The molecule has 116 valence electrons. The normalized spacial score (nSPS) is 10.8. The lowest BCUT2D eigenvalue weighted by Crippen LogP contribution is -2.06. The number of aryl methyl sites for hydroxylation is 3. The van der Waals surface area contributed by atoms with Crippen LogP contribution in [0.4, 0.5) is 0 Å². The highest BCUT2D eigenvalue weighted by Crippen LogP contribution is 2.31. The average molecular weight is 326 g/mol. The van der Waals surface area contributed by atoms with Crippen LogP contribution in [0.5, 0.6) is 0 Å². The molecule has 0 radical (unpaired) electrons. The van der Waals surface area contributed by atoms with Crippen molar-refractivity contribution in [2.24, 2.45) is 0 Å². The molecule has 4 heteroatoms. The minimum atomic E-state index is -0.415. The van der Waals surface area contributed by atoms with E-state index >= 15 is 0 Å². The van der Waals surface area contributed by atoms with Gasteiger partial charge in [0, 0.05) is 16.8 Å². The molecule has 0 saturated heterocycles. The summed E-state index contributed by atoms with van der Waals surface area (Å²) in [4.78, 5) is 16.7. The van der Waals surface area contributed by atoms with Crippen molar-refractivity contribution >= 4 is 11.6 Å². The van der Waals surface area contributed by atoms with Gasteiger partial charge in [-0.25, -0.2) is 4.79 Å². The maximum Gasteiger partial charge on any atom is 0.344 e. The average Bonchev–Trinajstić information content (AvgIpc) is 2.54. The first-order valence-electron chi connectivity index (χ1n) is 7.30. The minimum absolute atomic E-state index is 0.415. The van der Waals surface area contributed by atoms with E-state index in [2.05, 4.69) is 4.98 Å². The molecule has 0 saturated carbocycles. The van der Waals surface area contributed by atoms with E-state index in [9.17, 15) is 4.79 Å². The van der Waals surface area contributed by atoms with E-state index in [4.69, 9.17) is 16.0 Å². The molecule has 0 aliphatic heterocycles. The summed E-state index contributed by atoms with van der Waals surface area (Å²) in [6.07, 6.45) is 1.67. The monoisotopic (exact) mass is 325 g/mol. The maximum atomic E-state index is 12.5. The summed E-state index contributed by atoms with van der Waals surface area (Å²) < 4.78 is 5.53. The van der Waals surface area contributed by atoms with E-state index in [0.29, 0.717) is 27.6 Å². The van der Waals surface area contributed by atoms with E-state index in [1.165, 1.54) is 0 Å². The van der Waals surface area contributed by atoms with Crippen LogP contribution < -0.4 is 5.63 Å². The minimum Gasteiger partial charge on any atom is -0.420 e. The fourth-order valence-electron chi connectivity index (χ4n) is 2.50. The quantitative estimate of drug-likeness (QED) is 0.669. The van der Waals surface area contributed by atoms with Crippen molar-refractivity contribution in [2.75, 3.05) is 0 Å². The molecule has 0 unspecified atom stereocenters. The largest absolute Gasteiger partial charge is 0.420 e. The highest BCUT2D eigenvalue weighted by molar-refractivity contribution is 6.33. The Labute approximate surface area is 139 Å². The number of hydrogen-bond donors (Lipinski definition) is 0. The summed E-state index contributed by atoms with van der Waals surface area (Å²) in [5.41, 5.74) is 4.39. The van der Waals surface area contributed by atoms with Gasteiger partial charge in [0.15, 0.2) is 5.76 Å². The predicted octanol–water partition coefficient (Wildman–Crippen LogP) is 4.95. The fourth-order valence-corrected chi connectivity index (χ4v) is 2.82. The van der Waals surface area contributed by atoms with Crippen molar-refractivity contribution in [3.05, 3.63) is 74.7 Å². The Bertz CT molecular complexity index is 930. The molecule has 2 heterocycles. The molecule has 3 nitrogen and oxygen atoms in total. The topological polar surface area (TPSA) is 43.1 Å². The van der Waals surface area contributed by atoms with Gasteiger partial charge in [0.25, 0.3) is 0 Å². The van der Waals surface area contributed by atoms with Crippen LogP contribution in [0.15, 0.2) is 51.8 Å². The zero-order valence-electron chi connectivity index (χ0n) is 13.2. The number of aromatic nitrogens is 1. The Kier molecular flexibility index (Phi) is 4.05. The lowest BCUT2D eigenvalue weighted by molar-refractivity contribution is 0.523. The van der Waals surface area contributed by atoms with Gasteiger partial charge in [-0.05, 0) is 67.8 Å². The fraction of sp³-hybridized carbons (Fsp3) is 0.158. The van der Waals surface area contributed by atoms with Crippen LogP contribution in [-0.2, 0) is 0 Å². The summed E-state index contributed by atoms with van der Waals surface area (Å²) in [6, 6.07) is 11.1. The summed E-state index contributed by atoms with van der Waals surface area (Å²) in [5.74, 6) is 0.485. The van der Waals surface area contributed by atoms with E-state index in [0.717, 1.165) is 16.7 Å². The molecule has 0 aliphatic rings. The smallest absolute Gasteiger partial charge is 0.344 e. The van der Waals surface area contributed by atoms with Gasteiger partial charge in [-0.3, -0.25) is 4.98 Å². The molecule has 1 aromatic carbocycles. The lowest BCUT2D eigenvalue weighted by Gasteiger charge is -2.10. The third kappa shape index (κ3) is 2.92. The molecular formula is C19H16ClNO2. The van der Waals surface area contributed by atoms with Crippen molar-refractivity contribution in [2.45, 2.75) is 20.8 Å². The molecule has 0 bridgehead atoms.